The zero-order chi connectivity index (χ0) is 22.3. The van der Waals surface area contributed by atoms with E-state index in [1.165, 1.54) is 5.56 Å². The average molecular weight is 444 g/mol. The van der Waals surface area contributed by atoms with Crippen LogP contribution in [0.1, 0.15) is 56.4 Å². The van der Waals surface area contributed by atoms with E-state index in [0.717, 1.165) is 48.6 Å². The topological polar surface area (TPSA) is 84.6 Å². The lowest BCUT2D eigenvalue weighted by Crippen LogP contribution is -2.42. The van der Waals surface area contributed by atoms with Crippen molar-refractivity contribution in [2.75, 3.05) is 30.8 Å². The van der Waals surface area contributed by atoms with Crippen LogP contribution >= 0.6 is 11.6 Å². The Bertz CT molecular complexity index is 973. The molecular weight excluding hydrogens is 414 g/mol. The Hall–Kier alpha value is -2.54. The second-order valence-corrected chi connectivity index (χ2v) is 9.76. The number of nitrogen functional groups attached to an aromatic ring is 1. The van der Waals surface area contributed by atoms with E-state index in [1.54, 1.807) is 11.9 Å². The zero-order valence-corrected chi connectivity index (χ0v) is 19.3. The third kappa shape index (κ3) is 4.56. The number of carbonyl (C=O) groups excluding carboxylic acids is 1. The van der Waals surface area contributed by atoms with Crippen molar-refractivity contribution in [1.29, 1.82) is 0 Å². The third-order valence-electron chi connectivity index (χ3n) is 6.03. The summed E-state index contributed by atoms with van der Waals surface area (Å²) in [6.07, 6.45) is 2.43. The molecule has 1 amide bonds. The predicted octanol–water partition coefficient (Wildman–Crippen LogP) is 4.24. The Kier molecular flexibility index (Phi) is 5.73. The zero-order valence-electron chi connectivity index (χ0n) is 18.6. The summed E-state index contributed by atoms with van der Waals surface area (Å²) >= 11 is 6.35. The van der Waals surface area contributed by atoms with Crippen molar-refractivity contribution in [3.05, 3.63) is 46.4 Å². The normalized spacial score (nSPS) is 20.6. The summed E-state index contributed by atoms with van der Waals surface area (Å²) in [6, 6.07) is 8.04. The summed E-state index contributed by atoms with van der Waals surface area (Å²) in [4.78, 5) is 25.6. The van der Waals surface area contributed by atoms with Crippen molar-refractivity contribution in [3.8, 4) is 0 Å². The van der Waals surface area contributed by atoms with Crippen molar-refractivity contribution in [2.45, 2.75) is 57.6 Å². The Morgan fingerprint density at radius 3 is 2.61 bits per heavy atom. The molecule has 1 aromatic heterocycles. The number of anilines is 2. The molecule has 2 aliphatic rings. The van der Waals surface area contributed by atoms with E-state index in [0.29, 0.717) is 6.54 Å². The lowest BCUT2D eigenvalue weighted by molar-refractivity contribution is 0.0238. The minimum Gasteiger partial charge on any atom is -0.444 e. The first-order valence-corrected chi connectivity index (χ1v) is 11.1. The van der Waals surface area contributed by atoms with Crippen LogP contribution in [0.15, 0.2) is 24.3 Å². The van der Waals surface area contributed by atoms with E-state index in [1.807, 2.05) is 32.9 Å². The first-order valence-electron chi connectivity index (χ1n) is 10.7. The van der Waals surface area contributed by atoms with E-state index in [-0.39, 0.29) is 23.3 Å². The highest BCUT2D eigenvalue weighted by molar-refractivity contribution is 6.28. The molecule has 2 unspecified atom stereocenters. The van der Waals surface area contributed by atoms with Crippen molar-refractivity contribution in [1.82, 2.24) is 14.9 Å². The number of benzene rings is 1. The molecule has 1 aliphatic heterocycles. The number of carbonyl (C=O) groups is 1. The van der Waals surface area contributed by atoms with Crippen LogP contribution in [0.25, 0.3) is 0 Å². The highest BCUT2D eigenvalue weighted by atomic mass is 35.5. The van der Waals surface area contributed by atoms with Gasteiger partial charge in [-0.25, -0.2) is 14.8 Å². The van der Waals surface area contributed by atoms with Crippen LogP contribution in [0, 0.1) is 0 Å². The lowest BCUT2D eigenvalue weighted by atomic mass is 9.96. The van der Waals surface area contributed by atoms with E-state index in [4.69, 9.17) is 22.1 Å². The second kappa shape index (κ2) is 8.19. The maximum absolute atomic E-state index is 12.5. The van der Waals surface area contributed by atoms with Crippen LogP contribution < -0.4 is 10.6 Å². The molecule has 4 rings (SSSR count). The molecule has 0 radical (unpaired) electrons. The number of fused-ring (bicyclic) bond motifs is 1. The number of likely N-dealkylation sites (N-methyl/N-ethyl adjacent to an activating group) is 1. The largest absolute Gasteiger partial charge is 0.444 e. The Balaban J connectivity index is 1.55. The lowest BCUT2D eigenvalue weighted by Gasteiger charge is -2.29. The maximum atomic E-state index is 12.5. The minimum absolute atomic E-state index is 0.0635. The fourth-order valence-corrected chi connectivity index (χ4v) is 4.63. The number of hydrogen-bond donors (Lipinski definition) is 1. The minimum atomic E-state index is -0.512. The first-order chi connectivity index (χ1) is 14.6. The van der Waals surface area contributed by atoms with Gasteiger partial charge in [-0.2, -0.15) is 0 Å². The molecule has 1 aromatic carbocycles. The van der Waals surface area contributed by atoms with Crippen molar-refractivity contribution in [2.24, 2.45) is 0 Å². The molecule has 0 saturated carbocycles. The van der Waals surface area contributed by atoms with Gasteiger partial charge in [0.15, 0.2) is 0 Å². The molecule has 2 aromatic rings. The van der Waals surface area contributed by atoms with Crippen molar-refractivity contribution >= 4 is 29.2 Å². The van der Waals surface area contributed by atoms with Crippen molar-refractivity contribution in [3.63, 3.8) is 0 Å². The molecule has 8 heteroatoms. The summed E-state index contributed by atoms with van der Waals surface area (Å²) in [5, 5.41) is 0.264. The molecule has 0 bridgehead atoms. The number of amides is 1. The van der Waals surface area contributed by atoms with Crippen LogP contribution in [0.5, 0.6) is 0 Å². The van der Waals surface area contributed by atoms with Gasteiger partial charge in [-0.1, -0.05) is 12.1 Å². The quantitative estimate of drug-likeness (QED) is 0.564. The molecule has 166 valence electrons. The van der Waals surface area contributed by atoms with Crippen LogP contribution in [0.3, 0.4) is 0 Å². The molecule has 2 heterocycles. The summed E-state index contributed by atoms with van der Waals surface area (Å²) in [5.74, 6) is 1.09. The Morgan fingerprint density at radius 1 is 1.23 bits per heavy atom. The Labute approximate surface area is 188 Å². The van der Waals surface area contributed by atoms with E-state index >= 15 is 0 Å². The number of rotatable bonds is 3. The highest BCUT2D eigenvalue weighted by Crippen LogP contribution is 2.42. The van der Waals surface area contributed by atoms with Crippen molar-refractivity contribution < 1.29 is 9.53 Å². The van der Waals surface area contributed by atoms with Gasteiger partial charge in [-0.3, -0.25) is 0 Å². The molecule has 7 nitrogen and oxygen atoms in total. The molecular formula is C23H30ClN5O2. The number of ether oxygens (including phenoxy) is 1. The van der Waals surface area contributed by atoms with Gasteiger partial charge in [0.2, 0.25) is 5.28 Å². The number of nitrogens with two attached hydrogens (primary N) is 1. The van der Waals surface area contributed by atoms with Gasteiger partial charge < -0.3 is 20.3 Å². The second-order valence-electron chi connectivity index (χ2n) is 9.42. The summed E-state index contributed by atoms with van der Waals surface area (Å²) in [6.45, 7) is 7.14. The fourth-order valence-electron chi connectivity index (χ4n) is 4.46. The molecule has 2 N–H and O–H groups in total. The van der Waals surface area contributed by atoms with Crippen LogP contribution in [-0.4, -0.2) is 52.7 Å². The summed E-state index contributed by atoms with van der Waals surface area (Å²) in [7, 11) is 1.80. The standard InChI is InChI=1S/C23H30ClN5O2/c1-23(2,3)31-22(30)28(4)16-11-12-29(13-16)20-18-10-9-17(19(18)26-21(24)27-20)14-5-7-15(25)8-6-14/h5-8,16-17H,9-13,25H2,1-4H3. The van der Waals surface area contributed by atoms with Crippen LogP contribution in [0.4, 0.5) is 16.3 Å². The molecule has 2 atom stereocenters. The van der Waals surface area contributed by atoms with E-state index in [9.17, 15) is 4.79 Å². The van der Waals surface area contributed by atoms with Gasteiger partial charge in [0.1, 0.15) is 11.4 Å². The van der Waals surface area contributed by atoms with Gasteiger partial charge in [-0.15, -0.1) is 0 Å². The molecule has 1 aliphatic carbocycles. The number of halogens is 1. The third-order valence-corrected chi connectivity index (χ3v) is 6.20. The van der Waals surface area contributed by atoms with Crippen LogP contribution in [0.2, 0.25) is 5.28 Å². The number of aromatic nitrogens is 2. The number of hydrogen-bond acceptors (Lipinski definition) is 6. The van der Waals surface area contributed by atoms with E-state index in [2.05, 4.69) is 27.0 Å². The molecule has 31 heavy (non-hydrogen) atoms. The van der Waals surface area contributed by atoms with Gasteiger partial charge in [0.25, 0.3) is 0 Å². The predicted molar refractivity (Wildman–Crippen MR) is 123 cm³/mol. The SMILES string of the molecule is CN(C(=O)OC(C)(C)C)C1CCN(c2nc(Cl)nc3c2CCC3c2ccc(N)cc2)C1. The molecule has 1 saturated heterocycles. The average Bonchev–Trinajstić information content (AvgIpc) is 3.33. The smallest absolute Gasteiger partial charge is 0.410 e. The van der Waals surface area contributed by atoms with Gasteiger partial charge in [-0.05, 0) is 69.3 Å². The summed E-state index contributed by atoms with van der Waals surface area (Å²) < 4.78 is 5.53. The molecule has 0 spiro atoms. The van der Waals surface area contributed by atoms with Crippen LogP contribution in [-0.2, 0) is 11.2 Å². The maximum Gasteiger partial charge on any atom is 0.410 e. The first kappa shape index (κ1) is 21.7. The van der Waals surface area contributed by atoms with Gasteiger partial charge >= 0.3 is 6.09 Å². The summed E-state index contributed by atoms with van der Waals surface area (Å²) in [5.41, 5.74) is 9.45. The monoisotopic (exact) mass is 443 g/mol. The Morgan fingerprint density at radius 2 is 1.94 bits per heavy atom. The molecule has 1 fully saturated rings. The number of nitrogens with zero attached hydrogens (tertiary/aromatic N) is 4. The van der Waals surface area contributed by atoms with E-state index < -0.39 is 5.60 Å². The fraction of sp³-hybridized carbons (Fsp3) is 0.522. The highest BCUT2D eigenvalue weighted by Gasteiger charge is 2.36. The van der Waals surface area contributed by atoms with Gasteiger partial charge in [0.05, 0.1) is 11.7 Å². The van der Waals surface area contributed by atoms with Gasteiger partial charge in [0, 0.05) is 37.3 Å².